The van der Waals surface area contributed by atoms with Gasteiger partial charge in [0.2, 0.25) is 0 Å². The van der Waals surface area contributed by atoms with Crippen LogP contribution in [0.5, 0.6) is 0 Å². The van der Waals surface area contributed by atoms with E-state index in [1.54, 1.807) is 31.2 Å². The van der Waals surface area contributed by atoms with Gasteiger partial charge in [0.15, 0.2) is 6.61 Å². The average Bonchev–Trinajstić information content (AvgIpc) is 2.96. The molecule has 0 unspecified atom stereocenters. The van der Waals surface area contributed by atoms with Crippen LogP contribution in [-0.4, -0.2) is 47.5 Å². The molecule has 0 radical (unpaired) electrons. The molecule has 8 heteroatoms. The molecule has 0 saturated heterocycles. The highest BCUT2D eigenvalue weighted by atomic mass is 16.5. The Morgan fingerprint density at radius 1 is 0.897 bits per heavy atom. The third-order valence-electron chi connectivity index (χ3n) is 6.59. The summed E-state index contributed by atoms with van der Waals surface area (Å²) in [6.45, 7) is 3.73. The van der Waals surface area contributed by atoms with E-state index < -0.39 is 24.5 Å². The minimum Gasteiger partial charge on any atom is -0.462 e. The molecule has 4 aromatic rings. The number of nitrogens with zero attached hydrogens (tertiary/aromatic N) is 2. The van der Waals surface area contributed by atoms with E-state index in [-0.39, 0.29) is 6.61 Å². The van der Waals surface area contributed by atoms with Crippen LogP contribution < -0.4 is 5.32 Å². The fourth-order valence-electron chi connectivity index (χ4n) is 4.76. The first-order valence-corrected chi connectivity index (χ1v) is 12.9. The quantitative estimate of drug-likeness (QED) is 0.333. The average molecular weight is 524 g/mol. The van der Waals surface area contributed by atoms with Gasteiger partial charge in [-0.1, -0.05) is 48.5 Å². The number of esters is 2. The molecule has 39 heavy (non-hydrogen) atoms. The number of aromatic nitrogens is 1. The summed E-state index contributed by atoms with van der Waals surface area (Å²) < 4.78 is 10.5. The molecular weight excluding hydrogens is 494 g/mol. The third kappa shape index (κ3) is 6.13. The van der Waals surface area contributed by atoms with E-state index in [1.165, 1.54) is 5.56 Å². The van der Waals surface area contributed by atoms with Gasteiger partial charge in [-0.15, -0.1) is 0 Å². The van der Waals surface area contributed by atoms with Gasteiger partial charge in [-0.3, -0.25) is 14.7 Å². The second kappa shape index (κ2) is 11.9. The molecule has 3 aromatic carbocycles. The smallest absolute Gasteiger partial charge is 0.339 e. The Kier molecular flexibility index (Phi) is 7.94. The highest BCUT2D eigenvalue weighted by Crippen LogP contribution is 2.29. The number of rotatable bonds is 8. The van der Waals surface area contributed by atoms with Gasteiger partial charge in [-0.05, 0) is 42.8 Å². The summed E-state index contributed by atoms with van der Waals surface area (Å²) in [4.78, 5) is 45.0. The van der Waals surface area contributed by atoms with E-state index in [9.17, 15) is 14.4 Å². The van der Waals surface area contributed by atoms with Crippen LogP contribution in [0.3, 0.4) is 0 Å². The maximum Gasteiger partial charge on any atom is 0.339 e. The van der Waals surface area contributed by atoms with E-state index in [0.717, 1.165) is 36.3 Å². The second-order valence-electron chi connectivity index (χ2n) is 9.30. The van der Waals surface area contributed by atoms with E-state index in [0.29, 0.717) is 28.7 Å². The van der Waals surface area contributed by atoms with Crippen molar-refractivity contribution in [3.63, 3.8) is 0 Å². The molecule has 0 saturated carbocycles. The lowest BCUT2D eigenvalue weighted by Gasteiger charge is -2.30. The van der Waals surface area contributed by atoms with Crippen LogP contribution >= 0.6 is 0 Å². The van der Waals surface area contributed by atoms with Crippen molar-refractivity contribution >= 4 is 34.4 Å². The number of carbonyl (C=O) groups excluding carboxylic acids is 3. The summed E-state index contributed by atoms with van der Waals surface area (Å²) in [6.07, 6.45) is 0.718. The van der Waals surface area contributed by atoms with Gasteiger partial charge in [0.05, 0.1) is 23.3 Å². The van der Waals surface area contributed by atoms with E-state index in [2.05, 4.69) is 22.3 Å². The predicted octanol–water partition coefficient (Wildman–Crippen LogP) is 4.77. The van der Waals surface area contributed by atoms with Gasteiger partial charge < -0.3 is 14.8 Å². The number of hydrogen-bond donors (Lipinski definition) is 1. The molecule has 1 amide bonds. The number of benzene rings is 3. The maximum atomic E-state index is 13.4. The fourth-order valence-corrected chi connectivity index (χ4v) is 4.76. The number of carbonyl (C=O) groups is 3. The van der Waals surface area contributed by atoms with Crippen LogP contribution in [0.2, 0.25) is 0 Å². The summed E-state index contributed by atoms with van der Waals surface area (Å²) in [5, 5.41) is 3.40. The zero-order chi connectivity index (χ0) is 27.2. The van der Waals surface area contributed by atoms with E-state index in [4.69, 9.17) is 14.5 Å². The van der Waals surface area contributed by atoms with Gasteiger partial charge in [-0.2, -0.15) is 0 Å². The molecule has 0 aliphatic carbocycles. The first-order valence-electron chi connectivity index (χ1n) is 12.9. The van der Waals surface area contributed by atoms with Crippen molar-refractivity contribution in [2.45, 2.75) is 26.4 Å². The lowest BCUT2D eigenvalue weighted by Crippen LogP contribution is -2.32. The van der Waals surface area contributed by atoms with Crippen LogP contribution in [0, 0.1) is 0 Å². The van der Waals surface area contributed by atoms with Crippen molar-refractivity contribution < 1.29 is 23.9 Å². The molecular formula is C31H29N3O5. The van der Waals surface area contributed by atoms with Crippen molar-refractivity contribution in [2.24, 2.45) is 0 Å². The molecule has 0 atom stereocenters. The summed E-state index contributed by atoms with van der Waals surface area (Å²) in [7, 11) is 0. The lowest BCUT2D eigenvalue weighted by atomic mass is 9.95. The zero-order valence-electron chi connectivity index (χ0n) is 21.7. The highest BCUT2D eigenvalue weighted by molar-refractivity contribution is 6.06. The van der Waals surface area contributed by atoms with Crippen LogP contribution in [0.25, 0.3) is 10.9 Å². The number of ether oxygens (including phenoxy) is 2. The molecule has 0 fully saturated rings. The second-order valence-corrected chi connectivity index (χ2v) is 9.30. The standard InChI is InChI=1S/C31H29N3O5/c1-2-38-30(36)22-12-14-23(15-13-22)32-28(35)20-39-31(37)29-24-10-6-7-11-26(24)33-27-16-17-34(19-25(27)29)18-21-8-4-3-5-9-21/h3-15H,2,16-20H2,1H3,(H,32,35). The summed E-state index contributed by atoms with van der Waals surface area (Å²) in [5.74, 6) is -1.47. The SMILES string of the molecule is CCOC(=O)c1ccc(NC(=O)COC(=O)c2c3c(nc4ccccc24)CCN(Cc2ccccc2)C3)cc1. The Balaban J connectivity index is 1.30. The Bertz CT molecular complexity index is 1500. The number of para-hydroxylation sites is 1. The van der Waals surface area contributed by atoms with E-state index in [1.807, 2.05) is 42.5 Å². The van der Waals surface area contributed by atoms with Crippen molar-refractivity contribution in [1.82, 2.24) is 9.88 Å². The monoisotopic (exact) mass is 523 g/mol. The van der Waals surface area contributed by atoms with Crippen LogP contribution in [0.15, 0.2) is 78.9 Å². The van der Waals surface area contributed by atoms with Crippen LogP contribution in [0.4, 0.5) is 5.69 Å². The van der Waals surface area contributed by atoms with Crippen molar-refractivity contribution in [1.29, 1.82) is 0 Å². The largest absolute Gasteiger partial charge is 0.462 e. The fraction of sp³-hybridized carbons (Fsp3) is 0.226. The Hall–Kier alpha value is -4.56. The molecule has 0 spiro atoms. The molecule has 1 N–H and O–H groups in total. The first kappa shape index (κ1) is 26.1. The number of nitrogens with one attached hydrogen (secondary N) is 1. The number of hydrogen-bond acceptors (Lipinski definition) is 7. The van der Waals surface area contributed by atoms with Crippen LogP contribution in [-0.2, 0) is 33.8 Å². The summed E-state index contributed by atoms with van der Waals surface area (Å²) in [6, 6.07) is 24.0. The molecule has 1 aliphatic rings. The number of fused-ring (bicyclic) bond motifs is 2. The predicted molar refractivity (Wildman–Crippen MR) is 147 cm³/mol. The summed E-state index contributed by atoms with van der Waals surface area (Å²) >= 11 is 0. The molecule has 5 rings (SSSR count). The molecule has 1 aromatic heterocycles. The van der Waals surface area contributed by atoms with Crippen molar-refractivity contribution in [2.75, 3.05) is 25.1 Å². The minimum atomic E-state index is -0.556. The maximum absolute atomic E-state index is 13.4. The Morgan fingerprint density at radius 2 is 1.64 bits per heavy atom. The third-order valence-corrected chi connectivity index (χ3v) is 6.59. The Labute approximate surface area is 226 Å². The molecule has 8 nitrogen and oxygen atoms in total. The van der Waals surface area contributed by atoms with Crippen LogP contribution in [0.1, 0.15) is 44.5 Å². The number of anilines is 1. The molecule has 1 aliphatic heterocycles. The number of amides is 1. The molecule has 0 bridgehead atoms. The molecule has 198 valence electrons. The normalized spacial score (nSPS) is 12.9. The molecule has 2 heterocycles. The minimum absolute atomic E-state index is 0.281. The Morgan fingerprint density at radius 3 is 2.41 bits per heavy atom. The van der Waals surface area contributed by atoms with Crippen molar-refractivity contribution in [3.8, 4) is 0 Å². The summed E-state index contributed by atoms with van der Waals surface area (Å²) in [5.41, 5.74) is 4.98. The lowest BCUT2D eigenvalue weighted by molar-refractivity contribution is -0.119. The highest BCUT2D eigenvalue weighted by Gasteiger charge is 2.27. The first-order chi connectivity index (χ1) is 19.0. The van der Waals surface area contributed by atoms with Gasteiger partial charge in [0, 0.05) is 48.4 Å². The van der Waals surface area contributed by atoms with Gasteiger partial charge in [-0.25, -0.2) is 9.59 Å². The van der Waals surface area contributed by atoms with Gasteiger partial charge in [0.1, 0.15) is 0 Å². The number of pyridine rings is 1. The van der Waals surface area contributed by atoms with Crippen molar-refractivity contribution in [3.05, 3.63) is 107 Å². The zero-order valence-corrected chi connectivity index (χ0v) is 21.7. The van der Waals surface area contributed by atoms with Gasteiger partial charge >= 0.3 is 11.9 Å². The van der Waals surface area contributed by atoms with E-state index >= 15 is 0 Å². The topological polar surface area (TPSA) is 97.8 Å². The van der Waals surface area contributed by atoms with Gasteiger partial charge in [0.25, 0.3) is 5.91 Å².